The number of piperazine rings is 1. The molecule has 8 nitrogen and oxygen atoms in total. The number of amides is 1. The highest BCUT2D eigenvalue weighted by molar-refractivity contribution is 7.20. The van der Waals surface area contributed by atoms with Crippen molar-refractivity contribution in [3.63, 3.8) is 0 Å². The number of nitrogens with one attached hydrogen (secondary N) is 1. The van der Waals surface area contributed by atoms with Gasteiger partial charge in [-0.05, 0) is 43.3 Å². The van der Waals surface area contributed by atoms with E-state index in [9.17, 15) is 14.0 Å². The maximum atomic E-state index is 13.2. The normalized spacial score (nSPS) is 14.5. The van der Waals surface area contributed by atoms with Crippen LogP contribution < -0.4 is 10.2 Å². The van der Waals surface area contributed by atoms with Gasteiger partial charge in [-0.1, -0.05) is 23.5 Å². The monoisotopic (exact) mass is 478 g/mol. The predicted molar refractivity (Wildman–Crippen MR) is 130 cm³/mol. The lowest BCUT2D eigenvalue weighted by Gasteiger charge is -2.33. The molecule has 174 valence electrons. The van der Waals surface area contributed by atoms with Gasteiger partial charge in [0.25, 0.3) is 0 Å². The molecule has 0 unspecified atom stereocenters. The van der Waals surface area contributed by atoms with Crippen LogP contribution in [0.1, 0.15) is 17.3 Å². The van der Waals surface area contributed by atoms with Crippen molar-refractivity contribution in [2.45, 2.75) is 6.92 Å². The summed E-state index contributed by atoms with van der Waals surface area (Å²) in [6.45, 7) is 4.79. The number of carbonyl (C=O) groups is 2. The molecule has 0 spiro atoms. The molecule has 1 fully saturated rings. The third-order valence-corrected chi connectivity index (χ3v) is 6.72. The van der Waals surface area contributed by atoms with Crippen molar-refractivity contribution in [3.8, 4) is 11.3 Å². The first kappa shape index (κ1) is 22.2. The van der Waals surface area contributed by atoms with E-state index in [1.54, 1.807) is 40.9 Å². The fourth-order valence-corrected chi connectivity index (χ4v) is 4.83. The van der Waals surface area contributed by atoms with Crippen molar-refractivity contribution in [3.05, 3.63) is 66.1 Å². The number of aromatic nitrogens is 3. The minimum absolute atomic E-state index is 0.0338. The van der Waals surface area contributed by atoms with Gasteiger partial charge in [0.1, 0.15) is 5.82 Å². The Balaban J connectivity index is 1.16. The van der Waals surface area contributed by atoms with E-state index < -0.39 is 0 Å². The zero-order chi connectivity index (χ0) is 23.7. The maximum absolute atomic E-state index is 13.2. The molecule has 3 heterocycles. The number of hydrogen-bond acceptors (Lipinski definition) is 7. The summed E-state index contributed by atoms with van der Waals surface area (Å²) in [5.74, 6) is -0.410. The van der Waals surface area contributed by atoms with Gasteiger partial charge in [0.15, 0.2) is 5.78 Å². The Bertz CT molecular complexity index is 1310. The van der Waals surface area contributed by atoms with Crippen LogP contribution in [0.5, 0.6) is 0 Å². The van der Waals surface area contributed by atoms with E-state index in [4.69, 9.17) is 0 Å². The summed E-state index contributed by atoms with van der Waals surface area (Å²) in [6, 6.07) is 13.2. The van der Waals surface area contributed by atoms with Crippen molar-refractivity contribution in [2.75, 3.05) is 42.9 Å². The van der Waals surface area contributed by atoms with Crippen LogP contribution in [-0.4, -0.2) is 63.9 Å². The Labute approximate surface area is 199 Å². The lowest BCUT2D eigenvalue weighted by molar-refractivity contribution is -0.117. The second kappa shape index (κ2) is 9.32. The molecule has 1 N–H and O–H groups in total. The Kier molecular flexibility index (Phi) is 6.08. The van der Waals surface area contributed by atoms with Crippen molar-refractivity contribution < 1.29 is 14.0 Å². The Morgan fingerprint density at radius 2 is 1.85 bits per heavy atom. The van der Waals surface area contributed by atoms with E-state index in [2.05, 4.69) is 25.2 Å². The highest BCUT2D eigenvalue weighted by Crippen LogP contribution is 2.27. The van der Waals surface area contributed by atoms with Crippen LogP contribution in [0, 0.1) is 5.82 Å². The second-order valence-electron chi connectivity index (χ2n) is 8.19. The molecule has 0 radical (unpaired) electrons. The minimum Gasteiger partial charge on any atom is -0.344 e. The molecule has 1 amide bonds. The van der Waals surface area contributed by atoms with Crippen LogP contribution in [-0.2, 0) is 4.79 Å². The molecule has 1 aliphatic heterocycles. The number of fused-ring (bicyclic) bond motifs is 1. The average molecular weight is 479 g/mol. The molecule has 0 saturated carbocycles. The number of benzene rings is 2. The molecule has 0 bridgehead atoms. The minimum atomic E-state index is -0.274. The van der Waals surface area contributed by atoms with Crippen LogP contribution >= 0.6 is 11.3 Å². The van der Waals surface area contributed by atoms with Gasteiger partial charge < -0.3 is 10.2 Å². The zero-order valence-corrected chi connectivity index (χ0v) is 19.4. The third-order valence-electron chi connectivity index (χ3n) is 5.74. The Morgan fingerprint density at radius 3 is 2.56 bits per heavy atom. The summed E-state index contributed by atoms with van der Waals surface area (Å²) in [5, 5.41) is 8.43. The highest BCUT2D eigenvalue weighted by Gasteiger charge is 2.22. The molecule has 0 atom stereocenters. The lowest BCUT2D eigenvalue weighted by Crippen LogP contribution is -2.48. The molecular weight excluding hydrogens is 455 g/mol. The summed E-state index contributed by atoms with van der Waals surface area (Å²) in [7, 11) is 0. The van der Waals surface area contributed by atoms with Gasteiger partial charge in [-0.3, -0.25) is 14.5 Å². The summed E-state index contributed by atoms with van der Waals surface area (Å²) < 4.78 is 14.9. The van der Waals surface area contributed by atoms with Gasteiger partial charge in [0.05, 0.1) is 18.4 Å². The topological polar surface area (TPSA) is 82.8 Å². The summed E-state index contributed by atoms with van der Waals surface area (Å²) in [4.78, 5) is 33.7. The maximum Gasteiger partial charge on any atom is 0.238 e. The van der Waals surface area contributed by atoms with Crippen molar-refractivity contribution >= 4 is 38.8 Å². The van der Waals surface area contributed by atoms with Crippen molar-refractivity contribution in [2.24, 2.45) is 0 Å². The molecule has 34 heavy (non-hydrogen) atoms. The molecule has 1 aliphatic rings. The number of anilines is 2. The largest absolute Gasteiger partial charge is 0.344 e. The van der Waals surface area contributed by atoms with E-state index in [-0.39, 0.29) is 17.5 Å². The van der Waals surface area contributed by atoms with Crippen LogP contribution in [0.4, 0.5) is 15.2 Å². The van der Waals surface area contributed by atoms with Gasteiger partial charge in [-0.2, -0.15) is 0 Å². The fraction of sp³-hybridized carbons (Fsp3) is 0.250. The van der Waals surface area contributed by atoms with Gasteiger partial charge in [0.2, 0.25) is 16.0 Å². The molecular formula is C24H23FN6O2S. The lowest BCUT2D eigenvalue weighted by atomic mass is 10.1. The van der Waals surface area contributed by atoms with E-state index in [1.165, 1.54) is 30.4 Å². The number of imidazole rings is 1. The van der Waals surface area contributed by atoms with Crippen molar-refractivity contribution in [1.82, 2.24) is 19.5 Å². The predicted octanol–water partition coefficient (Wildman–Crippen LogP) is 3.56. The van der Waals surface area contributed by atoms with E-state index in [0.29, 0.717) is 17.8 Å². The number of halogens is 1. The second-order valence-corrected chi connectivity index (χ2v) is 9.13. The Hall–Kier alpha value is -3.63. The number of hydrogen-bond donors (Lipinski definition) is 1. The molecule has 4 aromatic rings. The first-order valence-electron chi connectivity index (χ1n) is 10.9. The van der Waals surface area contributed by atoms with Gasteiger partial charge in [-0.15, -0.1) is 5.10 Å². The summed E-state index contributed by atoms with van der Waals surface area (Å²) in [5.41, 5.74) is 2.81. The van der Waals surface area contributed by atoms with Gasteiger partial charge >= 0.3 is 0 Å². The highest BCUT2D eigenvalue weighted by atomic mass is 32.1. The van der Waals surface area contributed by atoms with Gasteiger partial charge in [0, 0.05) is 43.0 Å². The first-order chi connectivity index (χ1) is 16.4. The standard InChI is InChI=1S/C24H23FN6O2S/c1-16(32)18-3-2-4-20(13-18)26-22(33)15-29-9-11-30(12-10-29)24-28-31-14-21(27-23(31)34-24)17-5-7-19(25)8-6-17/h2-8,13-14H,9-12,15H2,1H3,(H,26,33). The first-order valence-corrected chi connectivity index (χ1v) is 11.8. The molecule has 5 rings (SSSR count). The van der Waals surface area contributed by atoms with Crippen LogP contribution in [0.15, 0.2) is 54.7 Å². The number of rotatable bonds is 6. The molecule has 2 aromatic heterocycles. The van der Waals surface area contributed by atoms with E-state index in [1.807, 2.05) is 6.20 Å². The van der Waals surface area contributed by atoms with Crippen LogP contribution in [0.3, 0.4) is 0 Å². The number of Topliss-reactive ketones (excluding diaryl/α,β-unsaturated/α-hetero) is 1. The summed E-state index contributed by atoms with van der Waals surface area (Å²) >= 11 is 1.51. The zero-order valence-electron chi connectivity index (χ0n) is 18.6. The number of nitrogens with zero attached hydrogens (tertiary/aromatic N) is 5. The quantitative estimate of drug-likeness (QED) is 0.427. The number of carbonyl (C=O) groups excluding carboxylic acids is 2. The molecule has 1 saturated heterocycles. The van der Waals surface area contributed by atoms with Crippen molar-refractivity contribution in [1.29, 1.82) is 0 Å². The molecule has 2 aromatic carbocycles. The van der Waals surface area contributed by atoms with Crippen LogP contribution in [0.2, 0.25) is 0 Å². The smallest absolute Gasteiger partial charge is 0.238 e. The third kappa shape index (κ3) is 4.82. The van der Waals surface area contributed by atoms with E-state index >= 15 is 0 Å². The van der Waals surface area contributed by atoms with Gasteiger partial charge in [-0.25, -0.2) is 13.9 Å². The van der Waals surface area contributed by atoms with E-state index in [0.717, 1.165) is 47.5 Å². The molecule has 10 heteroatoms. The SMILES string of the molecule is CC(=O)c1cccc(NC(=O)CN2CCN(c3nn4cc(-c5ccc(F)cc5)nc4s3)CC2)c1. The van der Waals surface area contributed by atoms with Crippen LogP contribution in [0.25, 0.3) is 16.2 Å². The Morgan fingerprint density at radius 1 is 1.09 bits per heavy atom. The average Bonchev–Trinajstić information content (AvgIpc) is 3.40. The number of ketones is 1. The summed E-state index contributed by atoms with van der Waals surface area (Å²) in [6.07, 6.45) is 1.85. The fourth-order valence-electron chi connectivity index (χ4n) is 3.89. The molecule has 0 aliphatic carbocycles.